The Hall–Kier alpha value is -3.20. The maximum Gasteiger partial charge on any atom is 0.234 e. The highest BCUT2D eigenvalue weighted by molar-refractivity contribution is 7.99. The Balaban J connectivity index is 1.52. The van der Waals surface area contributed by atoms with Gasteiger partial charge in [0.25, 0.3) is 0 Å². The third-order valence-electron chi connectivity index (χ3n) is 4.68. The van der Waals surface area contributed by atoms with Crippen LogP contribution in [-0.4, -0.2) is 33.5 Å². The summed E-state index contributed by atoms with van der Waals surface area (Å²) in [5.41, 5.74) is 1.27. The predicted octanol–water partition coefficient (Wildman–Crippen LogP) is 5.89. The van der Waals surface area contributed by atoms with Crippen molar-refractivity contribution in [3.63, 3.8) is 0 Å². The number of para-hydroxylation sites is 1. The zero-order valence-electron chi connectivity index (χ0n) is 18.1. The molecule has 4 rings (SSSR count). The first-order chi connectivity index (χ1) is 16.5. The SMILES string of the molecule is COc1ccc(-n2c(COc3ccccc3)nnc2SCC(=O)Nc2cc(Cl)ccc2Cl)cc1. The summed E-state index contributed by atoms with van der Waals surface area (Å²) in [7, 11) is 1.61. The number of rotatable bonds is 9. The monoisotopic (exact) mass is 514 g/mol. The molecule has 1 N–H and O–H groups in total. The van der Waals surface area contributed by atoms with Gasteiger partial charge in [-0.3, -0.25) is 9.36 Å². The first-order valence-electron chi connectivity index (χ1n) is 10.2. The summed E-state index contributed by atoms with van der Waals surface area (Å²) in [6.07, 6.45) is 0. The van der Waals surface area contributed by atoms with Crippen molar-refractivity contribution in [2.75, 3.05) is 18.2 Å². The average Bonchev–Trinajstić information content (AvgIpc) is 3.27. The van der Waals surface area contributed by atoms with E-state index in [0.717, 1.165) is 17.2 Å². The summed E-state index contributed by atoms with van der Waals surface area (Å²) in [6.45, 7) is 0.202. The van der Waals surface area contributed by atoms with Crippen molar-refractivity contribution in [1.29, 1.82) is 0 Å². The van der Waals surface area contributed by atoms with Crippen LogP contribution in [0.4, 0.5) is 5.69 Å². The quantitative estimate of drug-likeness (QED) is 0.280. The van der Waals surface area contributed by atoms with Crippen LogP contribution in [-0.2, 0) is 11.4 Å². The molecule has 0 atom stereocenters. The lowest BCUT2D eigenvalue weighted by Crippen LogP contribution is -2.15. The molecule has 0 fully saturated rings. The van der Waals surface area contributed by atoms with Gasteiger partial charge in [0.2, 0.25) is 5.91 Å². The van der Waals surface area contributed by atoms with E-state index in [2.05, 4.69) is 15.5 Å². The van der Waals surface area contributed by atoms with Gasteiger partial charge in [-0.1, -0.05) is 53.2 Å². The highest BCUT2D eigenvalue weighted by atomic mass is 35.5. The van der Waals surface area contributed by atoms with E-state index in [1.54, 1.807) is 25.3 Å². The summed E-state index contributed by atoms with van der Waals surface area (Å²) in [5.74, 6) is 1.89. The minimum Gasteiger partial charge on any atom is -0.497 e. The van der Waals surface area contributed by atoms with Gasteiger partial charge < -0.3 is 14.8 Å². The van der Waals surface area contributed by atoms with E-state index in [-0.39, 0.29) is 18.3 Å². The summed E-state index contributed by atoms with van der Waals surface area (Å²) < 4.78 is 13.0. The smallest absolute Gasteiger partial charge is 0.234 e. The summed E-state index contributed by atoms with van der Waals surface area (Å²) >= 11 is 13.4. The van der Waals surface area contributed by atoms with E-state index >= 15 is 0 Å². The van der Waals surface area contributed by atoms with Gasteiger partial charge in [0.1, 0.15) is 18.1 Å². The number of halogens is 2. The Bertz CT molecular complexity index is 1270. The number of methoxy groups -OCH3 is 1. The fourth-order valence-electron chi connectivity index (χ4n) is 3.05. The molecule has 0 bridgehead atoms. The molecule has 174 valence electrons. The molecule has 0 spiro atoms. The molecule has 0 saturated carbocycles. The van der Waals surface area contributed by atoms with Crippen LogP contribution in [0.2, 0.25) is 10.0 Å². The molecule has 1 heterocycles. The number of hydrogen-bond donors (Lipinski definition) is 1. The van der Waals surface area contributed by atoms with Crippen LogP contribution in [0.5, 0.6) is 11.5 Å². The number of ether oxygens (including phenoxy) is 2. The van der Waals surface area contributed by atoms with Crippen LogP contribution >= 0.6 is 35.0 Å². The minimum atomic E-state index is -0.250. The van der Waals surface area contributed by atoms with E-state index in [1.807, 2.05) is 59.2 Å². The topological polar surface area (TPSA) is 78.3 Å². The molecule has 1 aromatic heterocycles. The third kappa shape index (κ3) is 6.02. The van der Waals surface area contributed by atoms with Crippen molar-refractivity contribution in [2.24, 2.45) is 0 Å². The maximum absolute atomic E-state index is 12.6. The highest BCUT2D eigenvalue weighted by Gasteiger charge is 2.17. The van der Waals surface area contributed by atoms with Crippen molar-refractivity contribution in [3.05, 3.63) is 88.7 Å². The lowest BCUT2D eigenvalue weighted by Gasteiger charge is -2.12. The number of nitrogens with one attached hydrogen (secondary N) is 1. The Morgan fingerprint density at radius 3 is 2.50 bits per heavy atom. The van der Waals surface area contributed by atoms with Crippen LogP contribution in [0, 0.1) is 0 Å². The van der Waals surface area contributed by atoms with Crippen molar-refractivity contribution in [1.82, 2.24) is 14.8 Å². The number of carbonyl (C=O) groups is 1. The molecule has 0 aliphatic carbocycles. The summed E-state index contributed by atoms with van der Waals surface area (Å²) in [4.78, 5) is 12.6. The van der Waals surface area contributed by atoms with Gasteiger partial charge in [0.05, 0.1) is 23.6 Å². The van der Waals surface area contributed by atoms with Crippen LogP contribution in [0.15, 0.2) is 78.0 Å². The van der Waals surface area contributed by atoms with Gasteiger partial charge in [-0.25, -0.2) is 0 Å². The minimum absolute atomic E-state index is 0.0939. The molecule has 4 aromatic rings. The number of hydrogen-bond acceptors (Lipinski definition) is 6. The Morgan fingerprint density at radius 2 is 1.76 bits per heavy atom. The number of benzene rings is 3. The normalized spacial score (nSPS) is 10.7. The van der Waals surface area contributed by atoms with Crippen molar-refractivity contribution in [3.8, 4) is 17.2 Å². The Labute approximate surface area is 211 Å². The number of aromatic nitrogens is 3. The number of carbonyl (C=O) groups excluding carboxylic acids is 1. The molecule has 0 aliphatic heterocycles. The lowest BCUT2D eigenvalue weighted by molar-refractivity contribution is -0.113. The molecule has 7 nitrogen and oxygen atoms in total. The van der Waals surface area contributed by atoms with Crippen molar-refractivity contribution in [2.45, 2.75) is 11.8 Å². The molecule has 0 aliphatic rings. The molecule has 34 heavy (non-hydrogen) atoms. The van der Waals surface area contributed by atoms with Gasteiger partial charge in [0, 0.05) is 10.7 Å². The molecule has 0 saturated heterocycles. The molecule has 3 aromatic carbocycles. The Kier molecular flexibility index (Phi) is 7.95. The molecule has 10 heteroatoms. The van der Waals surface area contributed by atoms with Crippen LogP contribution in [0.3, 0.4) is 0 Å². The number of nitrogens with zero attached hydrogens (tertiary/aromatic N) is 3. The first-order valence-corrected chi connectivity index (χ1v) is 11.9. The first kappa shape index (κ1) is 23.9. The van der Waals surface area contributed by atoms with E-state index in [9.17, 15) is 4.79 Å². The van der Waals surface area contributed by atoms with E-state index < -0.39 is 0 Å². The maximum atomic E-state index is 12.6. The van der Waals surface area contributed by atoms with Crippen molar-refractivity contribution >= 4 is 46.6 Å². The largest absolute Gasteiger partial charge is 0.497 e. The van der Waals surface area contributed by atoms with Crippen LogP contribution in [0.25, 0.3) is 5.69 Å². The molecule has 0 radical (unpaired) electrons. The third-order valence-corrected chi connectivity index (χ3v) is 6.17. The van der Waals surface area contributed by atoms with E-state index in [1.165, 1.54) is 11.8 Å². The zero-order valence-corrected chi connectivity index (χ0v) is 20.4. The van der Waals surface area contributed by atoms with Gasteiger partial charge in [-0.2, -0.15) is 0 Å². The molecular weight excluding hydrogens is 495 g/mol. The standard InChI is InChI=1S/C24H20Cl2N4O3S/c1-32-18-10-8-17(9-11-18)30-22(14-33-19-5-3-2-4-6-19)28-29-24(30)34-15-23(31)27-21-13-16(25)7-12-20(21)26/h2-13H,14-15H2,1H3,(H,27,31). The summed E-state index contributed by atoms with van der Waals surface area (Å²) in [6, 6.07) is 21.8. The van der Waals surface area contributed by atoms with Gasteiger partial charge in [-0.05, 0) is 54.6 Å². The molecular formula is C24H20Cl2N4O3S. The fourth-order valence-corrected chi connectivity index (χ4v) is 4.16. The highest BCUT2D eigenvalue weighted by Crippen LogP contribution is 2.27. The second-order valence-electron chi connectivity index (χ2n) is 6.99. The second kappa shape index (κ2) is 11.3. The van der Waals surface area contributed by atoms with E-state index in [4.69, 9.17) is 32.7 Å². The van der Waals surface area contributed by atoms with Gasteiger partial charge >= 0.3 is 0 Å². The number of anilines is 1. The second-order valence-corrected chi connectivity index (χ2v) is 8.78. The van der Waals surface area contributed by atoms with Crippen LogP contribution < -0.4 is 14.8 Å². The molecule has 0 unspecified atom stereocenters. The zero-order chi connectivity index (χ0) is 23.9. The van der Waals surface area contributed by atoms with E-state index in [0.29, 0.717) is 26.7 Å². The van der Waals surface area contributed by atoms with Crippen molar-refractivity contribution < 1.29 is 14.3 Å². The number of thioether (sulfide) groups is 1. The van der Waals surface area contributed by atoms with Gasteiger partial charge in [0.15, 0.2) is 11.0 Å². The Morgan fingerprint density at radius 1 is 1.00 bits per heavy atom. The number of amides is 1. The fraction of sp³-hybridized carbons (Fsp3) is 0.125. The predicted molar refractivity (Wildman–Crippen MR) is 135 cm³/mol. The summed E-state index contributed by atoms with van der Waals surface area (Å²) in [5, 5.41) is 12.8. The molecule has 1 amide bonds. The lowest BCUT2D eigenvalue weighted by atomic mass is 10.3. The average molecular weight is 515 g/mol. The van der Waals surface area contributed by atoms with Crippen LogP contribution in [0.1, 0.15) is 5.82 Å². The van der Waals surface area contributed by atoms with Gasteiger partial charge in [-0.15, -0.1) is 10.2 Å².